The first kappa shape index (κ1) is 21.3. The molecular weight excluding hydrogens is 367 g/mol. The number of hydrogen-bond donors (Lipinski definition) is 2. The van der Waals surface area contributed by atoms with Crippen LogP contribution in [0.2, 0.25) is 0 Å². The van der Waals surface area contributed by atoms with Crippen LogP contribution in [0.1, 0.15) is 24.5 Å². The Kier molecular flexibility index (Phi) is 8.22. The fraction of sp³-hybridized carbons (Fsp3) is 0.400. The number of nitrogens with one attached hydrogen (secondary N) is 2. The first-order valence-corrected chi connectivity index (χ1v) is 10.9. The molecule has 2 aromatic rings. The van der Waals surface area contributed by atoms with Crippen LogP contribution in [-0.4, -0.2) is 33.9 Å². The first-order chi connectivity index (χ1) is 12.8. The van der Waals surface area contributed by atoms with Crippen molar-refractivity contribution in [1.29, 1.82) is 0 Å². The molecule has 27 heavy (non-hydrogen) atoms. The van der Waals surface area contributed by atoms with Gasteiger partial charge in [-0.25, -0.2) is 17.5 Å². The summed E-state index contributed by atoms with van der Waals surface area (Å²) < 4.78 is 43.5. The second-order valence-electron chi connectivity index (χ2n) is 6.63. The van der Waals surface area contributed by atoms with Gasteiger partial charge < -0.3 is 10.1 Å². The van der Waals surface area contributed by atoms with Gasteiger partial charge in [0.15, 0.2) is 0 Å². The van der Waals surface area contributed by atoms with Gasteiger partial charge in [-0.2, -0.15) is 0 Å². The topological polar surface area (TPSA) is 67.4 Å². The molecule has 0 aliphatic carbocycles. The van der Waals surface area contributed by atoms with Gasteiger partial charge in [-0.05, 0) is 55.2 Å². The van der Waals surface area contributed by atoms with Crippen molar-refractivity contribution in [2.45, 2.75) is 32.4 Å². The van der Waals surface area contributed by atoms with E-state index in [1.807, 2.05) is 37.3 Å². The predicted molar refractivity (Wildman–Crippen MR) is 106 cm³/mol. The number of aryl methyl sites for hydroxylation is 1. The lowest BCUT2D eigenvalue weighted by molar-refractivity contribution is 0.311. The zero-order chi connectivity index (χ0) is 19.7. The van der Waals surface area contributed by atoms with Crippen LogP contribution in [0.4, 0.5) is 4.39 Å². The highest BCUT2D eigenvalue weighted by atomic mass is 32.2. The lowest BCUT2D eigenvalue weighted by atomic mass is 10.1. The fourth-order valence-electron chi connectivity index (χ4n) is 2.50. The summed E-state index contributed by atoms with van der Waals surface area (Å²) in [6.45, 7) is 3.49. The molecule has 0 aromatic heterocycles. The van der Waals surface area contributed by atoms with Crippen LogP contribution in [0.25, 0.3) is 0 Å². The Bertz CT molecular complexity index is 810. The second-order valence-corrected chi connectivity index (χ2v) is 8.46. The number of hydrogen-bond acceptors (Lipinski definition) is 4. The minimum absolute atomic E-state index is 0.0264. The average molecular weight is 395 g/mol. The van der Waals surface area contributed by atoms with Crippen molar-refractivity contribution in [2.75, 3.05) is 19.4 Å². The van der Waals surface area contributed by atoms with Gasteiger partial charge in [-0.1, -0.05) is 24.3 Å². The van der Waals surface area contributed by atoms with Gasteiger partial charge in [-0.3, -0.25) is 0 Å². The van der Waals surface area contributed by atoms with Gasteiger partial charge in [0.05, 0.1) is 12.9 Å². The van der Waals surface area contributed by atoms with Crippen molar-refractivity contribution < 1.29 is 17.5 Å². The number of ether oxygens (including phenoxy) is 1. The standard InChI is InChI=1S/C20H27FN2O3S/c1-16(14-23-27(2,24)25)22-15-18-8-10-20(11-9-18)26-12-4-6-17-5-3-7-19(21)13-17/h3,5,7-11,13,16,22-23H,4,6,12,14-15H2,1-2H3. The van der Waals surface area contributed by atoms with Crippen LogP contribution >= 0.6 is 0 Å². The molecule has 148 valence electrons. The zero-order valence-corrected chi connectivity index (χ0v) is 16.6. The normalized spacial score (nSPS) is 12.7. The summed E-state index contributed by atoms with van der Waals surface area (Å²) in [5.74, 6) is 0.587. The Hall–Kier alpha value is -1.96. The smallest absolute Gasteiger partial charge is 0.208 e. The Balaban J connectivity index is 1.67. The molecule has 1 unspecified atom stereocenters. The molecule has 7 heteroatoms. The number of halogens is 1. The summed E-state index contributed by atoms with van der Waals surface area (Å²) in [6, 6.07) is 14.4. The minimum Gasteiger partial charge on any atom is -0.494 e. The van der Waals surface area contributed by atoms with Crippen LogP contribution < -0.4 is 14.8 Å². The maximum atomic E-state index is 13.1. The molecule has 1 atom stereocenters. The lowest BCUT2D eigenvalue weighted by Gasteiger charge is -2.14. The average Bonchev–Trinajstić information content (AvgIpc) is 2.62. The summed E-state index contributed by atoms with van der Waals surface area (Å²) in [5.41, 5.74) is 2.06. The van der Waals surface area contributed by atoms with Crippen LogP contribution in [0.15, 0.2) is 48.5 Å². The van der Waals surface area contributed by atoms with Crippen LogP contribution in [-0.2, 0) is 23.0 Å². The molecule has 0 heterocycles. The highest BCUT2D eigenvalue weighted by Gasteiger charge is 2.06. The molecule has 2 aromatic carbocycles. The van der Waals surface area contributed by atoms with E-state index in [1.165, 1.54) is 6.07 Å². The van der Waals surface area contributed by atoms with Gasteiger partial charge in [0.2, 0.25) is 10.0 Å². The van der Waals surface area contributed by atoms with Gasteiger partial charge >= 0.3 is 0 Å². The highest BCUT2D eigenvalue weighted by Crippen LogP contribution is 2.13. The van der Waals surface area contributed by atoms with Crippen LogP contribution in [0.3, 0.4) is 0 Å². The summed E-state index contributed by atoms with van der Waals surface area (Å²) >= 11 is 0. The predicted octanol–water partition coefficient (Wildman–Crippen LogP) is 2.86. The lowest BCUT2D eigenvalue weighted by Crippen LogP contribution is -2.38. The molecule has 0 amide bonds. The molecule has 0 radical (unpaired) electrons. The molecule has 0 fully saturated rings. The van der Waals surface area contributed by atoms with E-state index >= 15 is 0 Å². The molecule has 0 saturated heterocycles. The van der Waals surface area contributed by atoms with E-state index in [0.717, 1.165) is 36.0 Å². The quantitative estimate of drug-likeness (QED) is 0.575. The van der Waals surface area contributed by atoms with Gasteiger partial charge in [-0.15, -0.1) is 0 Å². The van der Waals surface area contributed by atoms with Crippen molar-refractivity contribution in [1.82, 2.24) is 10.0 Å². The largest absolute Gasteiger partial charge is 0.494 e. The molecular formula is C20H27FN2O3S. The Morgan fingerprint density at radius 1 is 1.11 bits per heavy atom. The van der Waals surface area contributed by atoms with E-state index in [1.54, 1.807) is 12.1 Å². The summed E-state index contributed by atoms with van der Waals surface area (Å²) in [7, 11) is -3.16. The second kappa shape index (κ2) is 10.4. The van der Waals surface area contributed by atoms with E-state index in [-0.39, 0.29) is 11.9 Å². The number of sulfonamides is 1. The molecule has 5 nitrogen and oxygen atoms in total. The molecule has 0 spiro atoms. The summed E-state index contributed by atoms with van der Waals surface area (Å²) in [4.78, 5) is 0. The molecule has 0 saturated carbocycles. The highest BCUT2D eigenvalue weighted by molar-refractivity contribution is 7.88. The Labute approximate surface area is 161 Å². The third kappa shape index (κ3) is 8.99. The van der Waals surface area contributed by atoms with E-state index in [9.17, 15) is 12.8 Å². The minimum atomic E-state index is -3.16. The first-order valence-electron chi connectivity index (χ1n) is 8.96. The molecule has 0 aliphatic heterocycles. The van der Waals surface area contributed by atoms with Crippen molar-refractivity contribution in [3.05, 3.63) is 65.5 Å². The maximum Gasteiger partial charge on any atom is 0.208 e. The fourth-order valence-corrected chi connectivity index (χ4v) is 3.06. The summed E-state index contributed by atoms with van der Waals surface area (Å²) in [5, 5.41) is 3.27. The maximum absolute atomic E-state index is 13.1. The third-order valence-electron chi connectivity index (χ3n) is 4.00. The summed E-state index contributed by atoms with van der Waals surface area (Å²) in [6.07, 6.45) is 2.74. The molecule has 2 N–H and O–H groups in total. The Morgan fingerprint density at radius 3 is 2.52 bits per heavy atom. The van der Waals surface area contributed by atoms with Crippen LogP contribution in [0.5, 0.6) is 5.75 Å². The van der Waals surface area contributed by atoms with E-state index in [0.29, 0.717) is 19.7 Å². The van der Waals surface area contributed by atoms with Crippen molar-refractivity contribution in [2.24, 2.45) is 0 Å². The van der Waals surface area contributed by atoms with Gasteiger partial charge in [0.1, 0.15) is 11.6 Å². The van der Waals surface area contributed by atoms with Gasteiger partial charge in [0.25, 0.3) is 0 Å². The van der Waals surface area contributed by atoms with E-state index in [2.05, 4.69) is 10.0 Å². The SMILES string of the molecule is CC(CNS(C)(=O)=O)NCc1ccc(OCCCc2cccc(F)c2)cc1. The van der Waals surface area contributed by atoms with Crippen molar-refractivity contribution >= 4 is 10.0 Å². The molecule has 2 rings (SSSR count). The van der Waals surface area contributed by atoms with Crippen LogP contribution in [0, 0.1) is 5.82 Å². The van der Waals surface area contributed by atoms with E-state index < -0.39 is 10.0 Å². The van der Waals surface area contributed by atoms with Crippen molar-refractivity contribution in [3.8, 4) is 5.75 Å². The van der Waals surface area contributed by atoms with E-state index in [4.69, 9.17) is 4.74 Å². The molecule has 0 bridgehead atoms. The Morgan fingerprint density at radius 2 is 1.85 bits per heavy atom. The number of rotatable bonds is 11. The third-order valence-corrected chi connectivity index (χ3v) is 4.69. The number of benzene rings is 2. The zero-order valence-electron chi connectivity index (χ0n) is 15.7. The van der Waals surface area contributed by atoms with Crippen molar-refractivity contribution in [3.63, 3.8) is 0 Å². The monoisotopic (exact) mass is 394 g/mol. The molecule has 0 aliphatic rings. The van der Waals surface area contributed by atoms with Gasteiger partial charge in [0, 0.05) is 19.1 Å².